The summed E-state index contributed by atoms with van der Waals surface area (Å²) in [5.74, 6) is 0. The van der Waals surface area contributed by atoms with Crippen LogP contribution in [0.5, 0.6) is 0 Å². The molecular weight excluding hydrogens is 154 g/mol. The van der Waals surface area contributed by atoms with Crippen molar-refractivity contribution in [3.05, 3.63) is 18.6 Å². The number of hydrogen-bond acceptors (Lipinski definition) is 2. The number of hydrogen-bond donors (Lipinski definition) is 2. The average molecular weight is 160 g/mol. The Labute approximate surface area is 74.8 Å². The maximum atomic E-state index is 9.76. The molecule has 0 radical (unpaired) electrons. The van der Waals surface area contributed by atoms with Gasteiger partial charge in [0.05, 0.1) is 0 Å². The van der Waals surface area contributed by atoms with Crippen LogP contribution < -0.4 is 0 Å². The van der Waals surface area contributed by atoms with Crippen molar-refractivity contribution in [2.24, 2.45) is 0 Å². The van der Waals surface area contributed by atoms with Crippen LogP contribution in [0.4, 0.5) is 0 Å². The van der Waals surface area contributed by atoms with E-state index in [-0.39, 0.29) is 29.6 Å². The van der Waals surface area contributed by atoms with E-state index in [4.69, 9.17) is 9.79 Å². The molecule has 0 rings (SSSR count). The van der Waals surface area contributed by atoms with E-state index in [9.17, 15) is 4.57 Å². The van der Waals surface area contributed by atoms with Crippen LogP contribution in [0, 0.1) is 0 Å². The van der Waals surface area contributed by atoms with E-state index in [1.807, 2.05) is 5.73 Å². The van der Waals surface area contributed by atoms with Crippen LogP contribution in [-0.4, -0.2) is 39.3 Å². The summed E-state index contributed by atoms with van der Waals surface area (Å²) in [7, 11) is -4.34. The fraction of sp³-hybridized carbons (Fsp3) is 0. The van der Waals surface area contributed by atoms with Crippen LogP contribution in [0.25, 0.3) is 0 Å². The van der Waals surface area contributed by atoms with Gasteiger partial charge in [-0.05, 0) is 0 Å². The van der Waals surface area contributed by atoms with Gasteiger partial charge in [0.15, 0.2) is 0 Å². The van der Waals surface area contributed by atoms with Gasteiger partial charge in [-0.15, -0.1) is 0 Å². The Bertz CT molecular complexity index is 155. The SMILES string of the molecule is C=C=COP(=O)(O)O.[NaH]. The van der Waals surface area contributed by atoms with Crippen molar-refractivity contribution in [2.75, 3.05) is 0 Å². The monoisotopic (exact) mass is 160 g/mol. The van der Waals surface area contributed by atoms with Gasteiger partial charge < -0.3 is 4.52 Å². The second-order valence-corrected chi connectivity index (χ2v) is 2.11. The Morgan fingerprint density at radius 1 is 1.67 bits per heavy atom. The number of phosphoric ester groups is 1. The number of phosphoric acid groups is 1. The van der Waals surface area contributed by atoms with Gasteiger partial charge in [-0.25, -0.2) is 4.57 Å². The van der Waals surface area contributed by atoms with Crippen molar-refractivity contribution in [3.8, 4) is 0 Å². The Balaban J connectivity index is 0. The molecule has 2 N–H and O–H groups in total. The second-order valence-electron chi connectivity index (χ2n) is 0.918. The van der Waals surface area contributed by atoms with Gasteiger partial charge in [-0.2, -0.15) is 0 Å². The third-order valence-corrected chi connectivity index (χ3v) is 0.653. The fourth-order valence-electron chi connectivity index (χ4n) is 0.106. The van der Waals surface area contributed by atoms with Crippen LogP contribution in [0.2, 0.25) is 0 Å². The summed E-state index contributed by atoms with van der Waals surface area (Å²) in [6, 6.07) is 0. The van der Waals surface area contributed by atoms with E-state index in [1.165, 1.54) is 0 Å². The first-order valence-electron chi connectivity index (χ1n) is 1.64. The molecule has 0 aliphatic carbocycles. The van der Waals surface area contributed by atoms with Gasteiger partial charge in [0.2, 0.25) is 0 Å². The molecule has 0 aromatic carbocycles. The molecule has 0 aliphatic heterocycles. The zero-order valence-electron chi connectivity index (χ0n) is 3.94. The molecule has 4 nitrogen and oxygen atoms in total. The Kier molecular flexibility index (Phi) is 7.13. The van der Waals surface area contributed by atoms with Crippen molar-refractivity contribution >= 4 is 37.4 Å². The quantitative estimate of drug-likeness (QED) is 0.253. The van der Waals surface area contributed by atoms with E-state index >= 15 is 0 Å². The van der Waals surface area contributed by atoms with Crippen LogP contribution in [0.15, 0.2) is 18.6 Å². The summed E-state index contributed by atoms with van der Waals surface area (Å²) in [5.41, 5.74) is 2.03. The molecule has 0 amide bonds. The van der Waals surface area contributed by atoms with Crippen molar-refractivity contribution in [1.29, 1.82) is 0 Å². The van der Waals surface area contributed by atoms with Crippen LogP contribution in [-0.2, 0) is 9.09 Å². The Morgan fingerprint density at radius 2 is 2.11 bits per heavy atom. The fourth-order valence-corrected chi connectivity index (χ4v) is 0.318. The van der Waals surface area contributed by atoms with E-state index in [1.54, 1.807) is 0 Å². The van der Waals surface area contributed by atoms with Gasteiger partial charge in [-0.3, -0.25) is 9.79 Å². The summed E-state index contributed by atoms with van der Waals surface area (Å²) < 4.78 is 13.5. The van der Waals surface area contributed by atoms with Gasteiger partial charge in [-0.1, -0.05) is 12.3 Å². The molecule has 0 atom stereocenters. The van der Waals surface area contributed by atoms with E-state index in [0.717, 1.165) is 0 Å². The molecule has 0 fully saturated rings. The summed E-state index contributed by atoms with van der Waals surface area (Å²) in [6.45, 7) is 3.01. The summed E-state index contributed by atoms with van der Waals surface area (Å²) >= 11 is 0. The minimum absolute atomic E-state index is 0. The predicted molar refractivity (Wildman–Crippen MR) is 34.0 cm³/mol. The van der Waals surface area contributed by atoms with Crippen LogP contribution >= 0.6 is 7.82 Å². The Morgan fingerprint density at radius 3 is 2.22 bits per heavy atom. The molecule has 6 heteroatoms. The zero-order chi connectivity index (χ0) is 6.62. The summed E-state index contributed by atoms with van der Waals surface area (Å²) in [6.07, 6.45) is 0.709. The van der Waals surface area contributed by atoms with Gasteiger partial charge in [0, 0.05) is 0 Å². The molecule has 0 aromatic rings. The summed E-state index contributed by atoms with van der Waals surface area (Å²) in [4.78, 5) is 15.9. The first-order chi connectivity index (χ1) is 3.56. The molecular formula is C3H6NaO4P. The average Bonchev–Trinajstić information content (AvgIpc) is 1.59. The predicted octanol–water partition coefficient (Wildman–Crippen LogP) is -0.254. The summed E-state index contributed by atoms with van der Waals surface area (Å²) in [5, 5.41) is 0. The molecule has 0 saturated heterocycles. The van der Waals surface area contributed by atoms with E-state index in [2.05, 4.69) is 11.1 Å². The molecule has 9 heavy (non-hydrogen) atoms. The normalized spacial score (nSPS) is 8.67. The Hall–Kier alpha value is 0.470. The molecule has 0 spiro atoms. The number of rotatable bonds is 2. The zero-order valence-corrected chi connectivity index (χ0v) is 4.84. The molecule has 0 heterocycles. The van der Waals surface area contributed by atoms with Crippen molar-refractivity contribution in [3.63, 3.8) is 0 Å². The molecule has 0 saturated carbocycles. The first-order valence-corrected chi connectivity index (χ1v) is 3.17. The molecule has 0 aliphatic rings. The topological polar surface area (TPSA) is 66.8 Å². The molecule has 0 bridgehead atoms. The molecule has 0 unspecified atom stereocenters. The third kappa shape index (κ3) is 11.8. The minimum atomic E-state index is -4.34. The maximum absolute atomic E-state index is 9.76. The van der Waals surface area contributed by atoms with Gasteiger partial charge in [0.1, 0.15) is 6.26 Å². The molecule has 48 valence electrons. The third-order valence-electron chi connectivity index (χ3n) is 0.273. The second kappa shape index (κ2) is 5.27. The van der Waals surface area contributed by atoms with Crippen molar-refractivity contribution < 1.29 is 18.9 Å². The van der Waals surface area contributed by atoms with E-state index in [0.29, 0.717) is 6.26 Å². The van der Waals surface area contributed by atoms with Crippen LogP contribution in [0.3, 0.4) is 0 Å². The van der Waals surface area contributed by atoms with Gasteiger partial charge >= 0.3 is 37.4 Å². The van der Waals surface area contributed by atoms with Crippen molar-refractivity contribution in [2.45, 2.75) is 0 Å². The first kappa shape index (κ1) is 12.2. The van der Waals surface area contributed by atoms with Crippen molar-refractivity contribution in [1.82, 2.24) is 0 Å². The van der Waals surface area contributed by atoms with E-state index < -0.39 is 7.82 Å². The standard InChI is InChI=1S/C3H5O4P.Na.H/c1-2-3-7-8(4,5)6;;/h3H,1H2,(H2,4,5,6);;. The van der Waals surface area contributed by atoms with Crippen LogP contribution in [0.1, 0.15) is 0 Å². The van der Waals surface area contributed by atoms with Gasteiger partial charge in [0.25, 0.3) is 0 Å². The molecule has 0 aromatic heterocycles.